The number of alkyl carbamates (subject to hydrolysis) is 1. The lowest BCUT2D eigenvalue weighted by Crippen LogP contribution is -2.43. The molecule has 0 heterocycles. The Morgan fingerprint density at radius 2 is 1.95 bits per heavy atom. The Morgan fingerprint density at radius 3 is 2.55 bits per heavy atom. The summed E-state index contributed by atoms with van der Waals surface area (Å²) in [5.74, 6) is -0.426. The van der Waals surface area contributed by atoms with Gasteiger partial charge in [0.1, 0.15) is 12.7 Å². The highest BCUT2D eigenvalue weighted by atomic mass is 16.5. The fourth-order valence-corrected chi connectivity index (χ4v) is 2.36. The molecule has 1 aliphatic carbocycles. The highest BCUT2D eigenvalue weighted by molar-refractivity contribution is 5.67. The van der Waals surface area contributed by atoms with Gasteiger partial charge in [-0.2, -0.15) is 0 Å². The van der Waals surface area contributed by atoms with Gasteiger partial charge in [-0.25, -0.2) is 4.79 Å². The first-order valence-electron chi connectivity index (χ1n) is 6.56. The lowest BCUT2D eigenvalue weighted by molar-refractivity contribution is -0.000369. The summed E-state index contributed by atoms with van der Waals surface area (Å²) in [7, 11) is 0. The molecule has 0 aromatic heterocycles. The van der Waals surface area contributed by atoms with Crippen LogP contribution in [0.4, 0.5) is 4.79 Å². The average Bonchev–Trinajstić information content (AvgIpc) is 2.74. The van der Waals surface area contributed by atoms with Crippen LogP contribution in [-0.2, 0) is 11.3 Å². The van der Waals surface area contributed by atoms with Gasteiger partial charge in [0.15, 0.2) is 0 Å². The molecule has 0 saturated heterocycles. The van der Waals surface area contributed by atoms with E-state index in [9.17, 15) is 15.0 Å². The van der Waals surface area contributed by atoms with Crippen LogP contribution in [0.15, 0.2) is 30.3 Å². The summed E-state index contributed by atoms with van der Waals surface area (Å²) < 4.78 is 5.04. The van der Waals surface area contributed by atoms with E-state index in [1.54, 1.807) is 0 Å². The van der Waals surface area contributed by atoms with E-state index in [4.69, 9.17) is 9.84 Å². The Balaban J connectivity index is 1.80. The molecule has 4 atom stereocenters. The number of aliphatic hydroxyl groups excluding tert-OH is 3. The molecule has 0 unspecified atom stereocenters. The van der Waals surface area contributed by atoms with Crippen LogP contribution in [0.25, 0.3) is 0 Å². The molecule has 20 heavy (non-hydrogen) atoms. The zero-order valence-electron chi connectivity index (χ0n) is 11.0. The first kappa shape index (κ1) is 14.8. The molecule has 1 aromatic rings. The van der Waals surface area contributed by atoms with Crippen molar-refractivity contribution in [1.82, 2.24) is 5.32 Å². The lowest BCUT2D eigenvalue weighted by Gasteiger charge is -2.17. The van der Waals surface area contributed by atoms with Crippen LogP contribution in [0.2, 0.25) is 0 Å². The number of carbonyl (C=O) groups is 1. The average molecular weight is 281 g/mol. The van der Waals surface area contributed by atoms with Gasteiger partial charge < -0.3 is 25.4 Å². The molecule has 0 bridgehead atoms. The van der Waals surface area contributed by atoms with Crippen molar-refractivity contribution in [3.05, 3.63) is 35.9 Å². The minimum atomic E-state index is -1.09. The summed E-state index contributed by atoms with van der Waals surface area (Å²) in [4.78, 5) is 11.6. The Bertz CT molecular complexity index is 438. The van der Waals surface area contributed by atoms with Crippen LogP contribution in [0.5, 0.6) is 0 Å². The molecule has 6 nitrogen and oxygen atoms in total. The van der Waals surface area contributed by atoms with E-state index in [1.807, 2.05) is 30.3 Å². The Morgan fingerprint density at radius 1 is 1.25 bits per heavy atom. The van der Waals surface area contributed by atoms with Crippen LogP contribution in [0, 0.1) is 5.92 Å². The van der Waals surface area contributed by atoms with Gasteiger partial charge in [0, 0.05) is 12.5 Å². The second-order valence-corrected chi connectivity index (χ2v) is 4.97. The molecule has 4 N–H and O–H groups in total. The van der Waals surface area contributed by atoms with Crippen molar-refractivity contribution in [3.8, 4) is 0 Å². The molecular formula is C14H19NO5. The standard InChI is InChI=1S/C14H19NO5/c16-7-10-6-11(13(18)12(10)17)15-14(19)20-8-9-4-2-1-3-5-9/h1-5,10-13,16-18H,6-8H2,(H,15,19)/t10-,11-,12-,13+/m1/s1. The normalized spacial score (nSPS) is 29.1. The van der Waals surface area contributed by atoms with Crippen LogP contribution in [0.3, 0.4) is 0 Å². The number of amides is 1. The van der Waals surface area contributed by atoms with Gasteiger partial charge in [0.05, 0.1) is 12.1 Å². The van der Waals surface area contributed by atoms with E-state index >= 15 is 0 Å². The number of rotatable bonds is 4. The molecule has 1 saturated carbocycles. The van der Waals surface area contributed by atoms with E-state index in [0.717, 1.165) is 5.56 Å². The fourth-order valence-electron chi connectivity index (χ4n) is 2.36. The molecule has 1 aromatic carbocycles. The molecular weight excluding hydrogens is 262 g/mol. The summed E-state index contributed by atoms with van der Waals surface area (Å²) >= 11 is 0. The Labute approximate surface area is 117 Å². The predicted octanol–water partition coefficient (Wildman–Crippen LogP) is 0.0154. The zero-order chi connectivity index (χ0) is 14.5. The van der Waals surface area contributed by atoms with Gasteiger partial charge in [-0.3, -0.25) is 0 Å². The van der Waals surface area contributed by atoms with Gasteiger partial charge >= 0.3 is 6.09 Å². The maximum Gasteiger partial charge on any atom is 0.407 e. The number of aliphatic hydroxyl groups is 3. The molecule has 1 amide bonds. The van der Waals surface area contributed by atoms with Crippen LogP contribution >= 0.6 is 0 Å². The highest BCUT2D eigenvalue weighted by Gasteiger charge is 2.41. The van der Waals surface area contributed by atoms with E-state index < -0.39 is 30.3 Å². The van der Waals surface area contributed by atoms with E-state index in [2.05, 4.69) is 5.32 Å². The number of hydrogen-bond acceptors (Lipinski definition) is 5. The maximum absolute atomic E-state index is 11.6. The molecule has 0 spiro atoms. The van der Waals surface area contributed by atoms with Crippen LogP contribution < -0.4 is 5.32 Å². The lowest BCUT2D eigenvalue weighted by atomic mass is 10.1. The van der Waals surface area contributed by atoms with Gasteiger partial charge in [-0.1, -0.05) is 30.3 Å². The summed E-state index contributed by atoms with van der Waals surface area (Å²) in [5, 5.41) is 31.0. The number of nitrogens with one attached hydrogen (secondary N) is 1. The third-order valence-electron chi connectivity index (χ3n) is 3.55. The van der Waals surface area contributed by atoms with Crippen LogP contribution in [-0.4, -0.2) is 46.3 Å². The maximum atomic E-state index is 11.6. The second-order valence-electron chi connectivity index (χ2n) is 4.97. The third kappa shape index (κ3) is 3.47. The van der Waals surface area contributed by atoms with Gasteiger partial charge in [-0.05, 0) is 12.0 Å². The second kappa shape index (κ2) is 6.69. The van der Waals surface area contributed by atoms with Crippen molar-refractivity contribution in [2.75, 3.05) is 6.61 Å². The number of ether oxygens (including phenoxy) is 1. The topological polar surface area (TPSA) is 99.0 Å². The summed E-state index contributed by atoms with van der Waals surface area (Å²) in [5.41, 5.74) is 0.864. The van der Waals surface area contributed by atoms with Crippen molar-refractivity contribution in [2.45, 2.75) is 31.3 Å². The minimum absolute atomic E-state index is 0.140. The first-order chi connectivity index (χ1) is 9.61. The largest absolute Gasteiger partial charge is 0.445 e. The zero-order valence-corrected chi connectivity index (χ0v) is 11.0. The quantitative estimate of drug-likeness (QED) is 0.623. The van der Waals surface area contributed by atoms with Crippen molar-refractivity contribution >= 4 is 6.09 Å². The molecule has 0 radical (unpaired) electrons. The van der Waals surface area contributed by atoms with Gasteiger partial charge in [0.25, 0.3) is 0 Å². The summed E-state index contributed by atoms with van der Waals surface area (Å²) in [6.07, 6.45) is -2.45. The fraction of sp³-hybridized carbons (Fsp3) is 0.500. The van der Waals surface area contributed by atoms with Gasteiger partial charge in [0.2, 0.25) is 0 Å². The summed E-state index contributed by atoms with van der Waals surface area (Å²) in [6.45, 7) is -0.0864. The SMILES string of the molecule is O=C(N[C@@H]1C[C@H](CO)[C@@H](O)[C@H]1O)OCc1ccccc1. The van der Waals surface area contributed by atoms with E-state index in [-0.39, 0.29) is 13.2 Å². The van der Waals surface area contributed by atoms with E-state index in [0.29, 0.717) is 6.42 Å². The third-order valence-corrected chi connectivity index (χ3v) is 3.55. The monoisotopic (exact) mass is 281 g/mol. The molecule has 0 aliphatic heterocycles. The number of carbonyl (C=O) groups excluding carboxylic acids is 1. The van der Waals surface area contributed by atoms with Crippen molar-refractivity contribution in [2.24, 2.45) is 5.92 Å². The van der Waals surface area contributed by atoms with Crippen LogP contribution in [0.1, 0.15) is 12.0 Å². The van der Waals surface area contributed by atoms with Crippen molar-refractivity contribution in [1.29, 1.82) is 0 Å². The molecule has 1 aliphatic rings. The summed E-state index contributed by atoms with van der Waals surface area (Å²) in [6, 6.07) is 8.63. The number of benzene rings is 1. The Hall–Kier alpha value is -1.63. The Kier molecular flexibility index (Phi) is 4.94. The first-order valence-corrected chi connectivity index (χ1v) is 6.56. The minimum Gasteiger partial charge on any atom is -0.445 e. The molecule has 110 valence electrons. The molecule has 1 fully saturated rings. The predicted molar refractivity (Wildman–Crippen MR) is 70.8 cm³/mol. The van der Waals surface area contributed by atoms with Crippen molar-refractivity contribution < 1.29 is 24.9 Å². The van der Waals surface area contributed by atoms with E-state index in [1.165, 1.54) is 0 Å². The number of hydrogen-bond donors (Lipinski definition) is 4. The smallest absolute Gasteiger partial charge is 0.407 e. The van der Waals surface area contributed by atoms with Gasteiger partial charge in [-0.15, -0.1) is 0 Å². The highest BCUT2D eigenvalue weighted by Crippen LogP contribution is 2.26. The molecule has 2 rings (SSSR count). The van der Waals surface area contributed by atoms with Crippen molar-refractivity contribution in [3.63, 3.8) is 0 Å². The molecule has 6 heteroatoms.